The lowest BCUT2D eigenvalue weighted by Crippen LogP contribution is -2.23. The third kappa shape index (κ3) is 4.06. The van der Waals surface area contributed by atoms with E-state index in [1.165, 1.54) is 11.8 Å². The molecule has 0 aliphatic carbocycles. The van der Waals surface area contributed by atoms with Gasteiger partial charge in [-0.25, -0.2) is 0 Å². The van der Waals surface area contributed by atoms with E-state index in [4.69, 9.17) is 9.15 Å². The predicted octanol–water partition coefficient (Wildman–Crippen LogP) is 5.02. The molecule has 1 aliphatic rings. The molecule has 4 rings (SSSR count). The van der Waals surface area contributed by atoms with E-state index in [2.05, 4.69) is 43.0 Å². The molecule has 0 spiro atoms. The smallest absolute Gasteiger partial charge is 0.247 e. The highest BCUT2D eigenvalue weighted by Gasteiger charge is 2.24. The Balaban J connectivity index is 1.73. The Morgan fingerprint density at radius 2 is 2.22 bits per heavy atom. The highest BCUT2D eigenvalue weighted by molar-refractivity contribution is 9.10. The maximum absolute atomic E-state index is 6.09. The van der Waals surface area contributed by atoms with Crippen LogP contribution in [0.5, 0.6) is 5.88 Å². The quantitative estimate of drug-likeness (QED) is 0.439. The van der Waals surface area contributed by atoms with E-state index in [1.54, 1.807) is 12.3 Å². The van der Waals surface area contributed by atoms with Crippen LogP contribution in [0, 0.1) is 0 Å². The summed E-state index contributed by atoms with van der Waals surface area (Å²) >= 11 is 4.96. The number of halogens is 1. The number of rotatable bonds is 5. The largest absolute Gasteiger partial charge is 0.465 e. The predicted molar refractivity (Wildman–Crippen MR) is 110 cm³/mol. The van der Waals surface area contributed by atoms with Crippen molar-refractivity contribution in [1.82, 2.24) is 15.2 Å². The number of thioether (sulfide) groups is 1. The highest BCUT2D eigenvalue weighted by atomic mass is 79.9. The molecule has 3 heterocycles. The number of furan rings is 1. The minimum Gasteiger partial charge on any atom is -0.465 e. The van der Waals surface area contributed by atoms with Gasteiger partial charge in [-0.3, -0.25) is 0 Å². The first-order valence-electron chi connectivity index (χ1n) is 8.16. The number of anilines is 1. The first kappa shape index (κ1) is 17.8. The Bertz CT molecular complexity index is 991. The second-order valence-corrected chi connectivity index (χ2v) is 7.50. The molecule has 0 saturated carbocycles. The Labute approximate surface area is 168 Å². The Morgan fingerprint density at radius 3 is 3.04 bits per heavy atom. The van der Waals surface area contributed by atoms with Crippen LogP contribution in [0.4, 0.5) is 5.69 Å². The zero-order valence-electron chi connectivity index (χ0n) is 14.1. The van der Waals surface area contributed by atoms with Crippen LogP contribution >= 0.6 is 27.7 Å². The molecular formula is C19H15BrN4O2S. The zero-order valence-corrected chi connectivity index (χ0v) is 16.5. The summed E-state index contributed by atoms with van der Waals surface area (Å²) < 4.78 is 12.4. The molecule has 1 aliphatic heterocycles. The molecule has 8 heteroatoms. The standard InChI is InChI=1S/C19H15BrN4O2S/c1-2-10-27-19-22-18-17(23-24-19)14-11-12(20)5-7-15(14)21-16(26-18)8-6-13-4-3-9-25-13/h2-9,11,16,21H,1,10H2/b8-6+/t16-/m1/s1. The first-order valence-corrected chi connectivity index (χ1v) is 9.94. The van der Waals surface area contributed by atoms with Crippen LogP contribution in [0.1, 0.15) is 5.76 Å². The number of fused-ring (bicyclic) bond motifs is 3. The Kier molecular flexibility index (Phi) is 5.26. The van der Waals surface area contributed by atoms with Crippen LogP contribution in [0.25, 0.3) is 17.3 Å². The van der Waals surface area contributed by atoms with Gasteiger partial charge in [-0.2, -0.15) is 4.98 Å². The van der Waals surface area contributed by atoms with Gasteiger partial charge in [0.15, 0.2) is 11.9 Å². The average Bonchev–Trinajstić information content (AvgIpc) is 3.14. The zero-order chi connectivity index (χ0) is 18.6. The number of aromatic nitrogens is 3. The number of nitrogens with zero attached hydrogens (tertiary/aromatic N) is 3. The van der Waals surface area contributed by atoms with Gasteiger partial charge in [-0.05, 0) is 42.5 Å². The third-order valence-corrected chi connectivity index (χ3v) is 5.04. The van der Waals surface area contributed by atoms with Crippen LogP contribution in [0.3, 0.4) is 0 Å². The SMILES string of the molecule is C=CCSc1nnc2c(n1)O[C@H](/C=C/c1ccco1)Nc1ccc(Br)cc1-2. The first-order chi connectivity index (χ1) is 13.2. The van der Waals surface area contributed by atoms with E-state index < -0.39 is 6.23 Å². The molecule has 1 atom stereocenters. The van der Waals surface area contributed by atoms with Crippen molar-refractivity contribution in [2.45, 2.75) is 11.4 Å². The molecule has 0 fully saturated rings. The van der Waals surface area contributed by atoms with E-state index in [-0.39, 0.29) is 0 Å². The fourth-order valence-corrected chi connectivity index (χ4v) is 3.41. The van der Waals surface area contributed by atoms with Gasteiger partial charge >= 0.3 is 0 Å². The maximum atomic E-state index is 6.09. The lowest BCUT2D eigenvalue weighted by atomic mass is 10.1. The fraction of sp³-hybridized carbons (Fsp3) is 0.105. The minimum atomic E-state index is -0.440. The number of ether oxygens (including phenoxy) is 1. The normalized spacial score (nSPS) is 15.4. The summed E-state index contributed by atoms with van der Waals surface area (Å²) in [4.78, 5) is 4.54. The topological polar surface area (TPSA) is 73.1 Å². The third-order valence-electron chi connectivity index (χ3n) is 3.72. The molecular weight excluding hydrogens is 428 g/mol. The van der Waals surface area contributed by atoms with Gasteiger partial charge < -0.3 is 14.5 Å². The summed E-state index contributed by atoms with van der Waals surface area (Å²) in [7, 11) is 0. The molecule has 2 aromatic heterocycles. The summed E-state index contributed by atoms with van der Waals surface area (Å²) in [6.45, 7) is 3.72. The molecule has 0 saturated heterocycles. The van der Waals surface area contributed by atoms with Crippen molar-refractivity contribution in [2.75, 3.05) is 11.1 Å². The van der Waals surface area contributed by atoms with Gasteiger partial charge in [0, 0.05) is 21.5 Å². The summed E-state index contributed by atoms with van der Waals surface area (Å²) in [5, 5.41) is 12.5. The monoisotopic (exact) mass is 442 g/mol. The van der Waals surface area contributed by atoms with Gasteiger partial charge in [-0.1, -0.05) is 33.8 Å². The van der Waals surface area contributed by atoms with E-state index in [9.17, 15) is 0 Å². The van der Waals surface area contributed by atoms with Crippen LogP contribution < -0.4 is 10.1 Å². The maximum Gasteiger partial charge on any atom is 0.247 e. The fourth-order valence-electron chi connectivity index (χ4n) is 2.54. The molecule has 0 amide bonds. The van der Waals surface area contributed by atoms with E-state index in [0.29, 0.717) is 22.5 Å². The van der Waals surface area contributed by atoms with Crippen molar-refractivity contribution in [3.8, 4) is 17.1 Å². The molecule has 27 heavy (non-hydrogen) atoms. The molecule has 0 bridgehead atoms. The van der Waals surface area contributed by atoms with Gasteiger partial charge in [0.25, 0.3) is 0 Å². The molecule has 136 valence electrons. The van der Waals surface area contributed by atoms with Gasteiger partial charge in [0.2, 0.25) is 11.0 Å². The summed E-state index contributed by atoms with van der Waals surface area (Å²) in [6.07, 6.45) is 6.71. The summed E-state index contributed by atoms with van der Waals surface area (Å²) in [6, 6.07) is 9.60. The van der Waals surface area contributed by atoms with Crippen LogP contribution in [0.15, 0.2) is 69.4 Å². The van der Waals surface area contributed by atoms with Crippen molar-refractivity contribution >= 4 is 39.5 Å². The van der Waals surface area contributed by atoms with Crippen LogP contribution in [-0.2, 0) is 0 Å². The Morgan fingerprint density at radius 1 is 1.30 bits per heavy atom. The number of hydrogen-bond donors (Lipinski definition) is 1. The van der Waals surface area contributed by atoms with Crippen LogP contribution in [-0.4, -0.2) is 27.2 Å². The van der Waals surface area contributed by atoms with Crippen molar-refractivity contribution in [3.05, 3.63) is 65.6 Å². The van der Waals surface area contributed by atoms with E-state index >= 15 is 0 Å². The molecule has 0 radical (unpaired) electrons. The average molecular weight is 443 g/mol. The van der Waals surface area contributed by atoms with Gasteiger partial charge in [0.05, 0.1) is 6.26 Å². The second kappa shape index (κ2) is 7.98. The second-order valence-electron chi connectivity index (χ2n) is 5.60. The van der Waals surface area contributed by atoms with Crippen molar-refractivity contribution in [2.24, 2.45) is 0 Å². The number of hydrogen-bond acceptors (Lipinski definition) is 7. The van der Waals surface area contributed by atoms with Gasteiger partial charge in [0.1, 0.15) is 5.76 Å². The van der Waals surface area contributed by atoms with Gasteiger partial charge in [-0.15, -0.1) is 16.8 Å². The number of nitrogens with one attached hydrogen (secondary N) is 1. The molecule has 0 unspecified atom stereocenters. The van der Waals surface area contributed by atoms with Crippen molar-refractivity contribution < 1.29 is 9.15 Å². The van der Waals surface area contributed by atoms with Crippen LogP contribution in [0.2, 0.25) is 0 Å². The molecule has 6 nitrogen and oxygen atoms in total. The molecule has 3 aromatic rings. The lowest BCUT2D eigenvalue weighted by Gasteiger charge is -2.15. The molecule has 1 N–H and O–H groups in total. The van der Waals surface area contributed by atoms with E-state index in [0.717, 1.165) is 21.5 Å². The molecule has 1 aromatic carbocycles. The number of benzene rings is 1. The minimum absolute atomic E-state index is 0.426. The lowest BCUT2D eigenvalue weighted by molar-refractivity contribution is 0.266. The van der Waals surface area contributed by atoms with Crippen molar-refractivity contribution in [1.29, 1.82) is 0 Å². The highest BCUT2D eigenvalue weighted by Crippen LogP contribution is 2.38. The van der Waals surface area contributed by atoms with E-state index in [1.807, 2.05) is 42.5 Å². The summed E-state index contributed by atoms with van der Waals surface area (Å²) in [5.41, 5.74) is 2.35. The van der Waals surface area contributed by atoms with Crippen molar-refractivity contribution in [3.63, 3.8) is 0 Å². The Hall–Kier alpha value is -2.58. The summed E-state index contributed by atoms with van der Waals surface area (Å²) in [5.74, 6) is 1.86.